The molecule has 0 bridgehead atoms. The minimum atomic E-state index is -0.517. The highest BCUT2D eigenvalue weighted by molar-refractivity contribution is 9.10. The summed E-state index contributed by atoms with van der Waals surface area (Å²) >= 11 is 4.20. The van der Waals surface area contributed by atoms with Gasteiger partial charge in [-0.1, -0.05) is 17.7 Å². The molecule has 2 aromatic rings. The number of halogens is 1. The van der Waals surface area contributed by atoms with Gasteiger partial charge in [-0.25, -0.2) is 0 Å². The number of amides is 3. The van der Waals surface area contributed by atoms with E-state index >= 15 is 0 Å². The van der Waals surface area contributed by atoms with Crippen LogP contribution in [0.2, 0.25) is 0 Å². The van der Waals surface area contributed by atoms with Crippen LogP contribution < -0.4 is 14.8 Å². The molecule has 2 aromatic carbocycles. The van der Waals surface area contributed by atoms with E-state index < -0.39 is 17.1 Å². The van der Waals surface area contributed by atoms with Crippen molar-refractivity contribution in [2.45, 2.75) is 13.8 Å². The zero-order valence-corrected chi connectivity index (χ0v) is 19.8. The fourth-order valence-electron chi connectivity index (χ4n) is 3.10. The molecule has 1 aliphatic rings. The predicted molar refractivity (Wildman–Crippen MR) is 124 cm³/mol. The second-order valence-electron chi connectivity index (χ2n) is 6.87. The summed E-state index contributed by atoms with van der Waals surface area (Å²) in [6, 6.07) is 9.07. The highest BCUT2D eigenvalue weighted by atomic mass is 79.9. The van der Waals surface area contributed by atoms with E-state index in [4.69, 9.17) is 9.47 Å². The molecule has 0 aliphatic carbocycles. The summed E-state index contributed by atoms with van der Waals surface area (Å²) < 4.78 is 11.2. The van der Waals surface area contributed by atoms with E-state index in [0.29, 0.717) is 27.2 Å². The van der Waals surface area contributed by atoms with Crippen LogP contribution in [0.4, 0.5) is 10.5 Å². The maximum absolute atomic E-state index is 12.8. The number of hydrogen-bond acceptors (Lipinski definition) is 6. The lowest BCUT2D eigenvalue weighted by molar-refractivity contribution is -0.127. The highest BCUT2D eigenvalue weighted by Gasteiger charge is 2.36. The molecule has 31 heavy (non-hydrogen) atoms. The van der Waals surface area contributed by atoms with Gasteiger partial charge in [0.05, 0.1) is 23.6 Å². The number of ether oxygens (including phenoxy) is 2. The summed E-state index contributed by atoms with van der Waals surface area (Å²) in [5.74, 6) is 0.0482. The first-order chi connectivity index (χ1) is 14.7. The number of nitrogens with one attached hydrogen (secondary N) is 1. The number of aryl methyl sites for hydroxylation is 2. The molecule has 3 rings (SSSR count). The molecule has 0 unspecified atom stereocenters. The van der Waals surface area contributed by atoms with E-state index in [2.05, 4.69) is 21.2 Å². The van der Waals surface area contributed by atoms with E-state index in [1.165, 1.54) is 14.2 Å². The van der Waals surface area contributed by atoms with Gasteiger partial charge in [0.1, 0.15) is 6.54 Å². The molecule has 0 radical (unpaired) electrons. The van der Waals surface area contributed by atoms with Gasteiger partial charge in [-0.3, -0.25) is 19.3 Å². The molecule has 3 amide bonds. The highest BCUT2D eigenvalue weighted by Crippen LogP contribution is 2.38. The van der Waals surface area contributed by atoms with Gasteiger partial charge in [-0.2, -0.15) is 0 Å². The zero-order valence-electron chi connectivity index (χ0n) is 17.4. The lowest BCUT2D eigenvalue weighted by Crippen LogP contribution is -2.36. The van der Waals surface area contributed by atoms with Crippen LogP contribution in [0.1, 0.15) is 16.7 Å². The maximum Gasteiger partial charge on any atom is 0.294 e. The van der Waals surface area contributed by atoms with E-state index in [1.807, 2.05) is 26.0 Å². The molecular formula is C22H21BrN2O5S. The minimum Gasteiger partial charge on any atom is -0.493 e. The van der Waals surface area contributed by atoms with Crippen LogP contribution >= 0.6 is 27.7 Å². The first-order valence-electron chi connectivity index (χ1n) is 9.27. The summed E-state index contributed by atoms with van der Waals surface area (Å²) in [5.41, 5.74) is 3.28. The summed E-state index contributed by atoms with van der Waals surface area (Å²) in [6.07, 6.45) is 1.58. The number of carbonyl (C=O) groups excluding carboxylic acids is 3. The Balaban J connectivity index is 1.76. The fraction of sp³-hybridized carbons (Fsp3) is 0.227. The number of imide groups is 1. The van der Waals surface area contributed by atoms with Crippen molar-refractivity contribution in [3.63, 3.8) is 0 Å². The number of hydrogen-bond donors (Lipinski definition) is 1. The number of carbonyl (C=O) groups is 3. The van der Waals surface area contributed by atoms with Gasteiger partial charge >= 0.3 is 0 Å². The topological polar surface area (TPSA) is 84.9 Å². The first-order valence-corrected chi connectivity index (χ1v) is 10.9. The van der Waals surface area contributed by atoms with Gasteiger partial charge in [0.25, 0.3) is 11.1 Å². The number of thioether (sulfide) groups is 1. The van der Waals surface area contributed by atoms with Crippen LogP contribution in [-0.4, -0.2) is 42.7 Å². The average Bonchev–Trinajstić information content (AvgIpc) is 2.97. The molecular weight excluding hydrogens is 484 g/mol. The van der Waals surface area contributed by atoms with E-state index in [1.54, 1.807) is 24.3 Å². The predicted octanol–water partition coefficient (Wildman–Crippen LogP) is 4.76. The molecule has 1 aliphatic heterocycles. The Morgan fingerprint density at radius 3 is 2.55 bits per heavy atom. The zero-order chi connectivity index (χ0) is 22.7. The van der Waals surface area contributed by atoms with Crippen LogP contribution in [0.25, 0.3) is 6.08 Å². The van der Waals surface area contributed by atoms with Crippen molar-refractivity contribution in [3.8, 4) is 11.5 Å². The van der Waals surface area contributed by atoms with E-state index in [9.17, 15) is 14.4 Å². The summed E-state index contributed by atoms with van der Waals surface area (Å²) in [5, 5.41) is 2.26. The standard InChI is InChI=1S/C22H21BrN2O5S/c1-12-5-6-16(13(2)7-12)24-19(26)11-25-21(27)18(31-22(25)28)10-14-8-15(23)20(30-4)17(9-14)29-3/h5-10H,11H2,1-4H3,(H,24,26)/b18-10+. The third-order valence-electron chi connectivity index (χ3n) is 4.58. The van der Waals surface area contributed by atoms with Crippen molar-refractivity contribution < 1.29 is 23.9 Å². The Morgan fingerprint density at radius 2 is 1.90 bits per heavy atom. The van der Waals surface area contributed by atoms with Gasteiger partial charge in [0.2, 0.25) is 5.91 Å². The molecule has 1 N–H and O–H groups in total. The van der Waals surface area contributed by atoms with Gasteiger partial charge in [0, 0.05) is 5.69 Å². The summed E-state index contributed by atoms with van der Waals surface area (Å²) in [4.78, 5) is 38.7. The average molecular weight is 505 g/mol. The molecule has 0 atom stereocenters. The lowest BCUT2D eigenvalue weighted by atomic mass is 10.1. The van der Waals surface area contributed by atoms with Crippen molar-refractivity contribution in [1.82, 2.24) is 4.90 Å². The van der Waals surface area contributed by atoms with Crippen LogP contribution in [0.15, 0.2) is 39.7 Å². The Bertz CT molecular complexity index is 1100. The van der Waals surface area contributed by atoms with Crippen molar-refractivity contribution in [3.05, 3.63) is 56.4 Å². The second-order valence-corrected chi connectivity index (χ2v) is 8.72. The number of anilines is 1. The number of methoxy groups -OCH3 is 2. The molecule has 0 saturated carbocycles. The van der Waals surface area contributed by atoms with Crippen LogP contribution in [0, 0.1) is 13.8 Å². The SMILES string of the molecule is COc1cc(/C=C2/SC(=O)N(CC(=O)Nc3ccc(C)cc3C)C2=O)cc(Br)c1OC. The van der Waals surface area contributed by atoms with Gasteiger partial charge in [-0.15, -0.1) is 0 Å². The number of rotatable bonds is 6. The van der Waals surface area contributed by atoms with Crippen molar-refractivity contribution in [2.75, 3.05) is 26.1 Å². The third kappa shape index (κ3) is 5.11. The largest absolute Gasteiger partial charge is 0.493 e. The second kappa shape index (κ2) is 9.57. The molecule has 1 saturated heterocycles. The Hall–Kier alpha value is -2.78. The van der Waals surface area contributed by atoms with Crippen LogP contribution in [0.3, 0.4) is 0 Å². The number of benzene rings is 2. The minimum absolute atomic E-state index is 0.225. The molecule has 162 valence electrons. The molecule has 0 spiro atoms. The Labute approximate surface area is 192 Å². The third-order valence-corrected chi connectivity index (χ3v) is 6.08. The molecule has 9 heteroatoms. The van der Waals surface area contributed by atoms with E-state index in [0.717, 1.165) is 27.8 Å². The lowest BCUT2D eigenvalue weighted by Gasteiger charge is -2.14. The fourth-order valence-corrected chi connectivity index (χ4v) is 4.56. The molecule has 0 aromatic heterocycles. The van der Waals surface area contributed by atoms with Gasteiger partial charge in [-0.05, 0) is 76.9 Å². The molecule has 1 fully saturated rings. The van der Waals surface area contributed by atoms with Crippen molar-refractivity contribution in [1.29, 1.82) is 0 Å². The number of nitrogens with zero attached hydrogens (tertiary/aromatic N) is 1. The van der Waals surface area contributed by atoms with Crippen LogP contribution in [-0.2, 0) is 9.59 Å². The molecule has 7 nitrogen and oxygen atoms in total. The smallest absolute Gasteiger partial charge is 0.294 e. The first kappa shape index (κ1) is 22.9. The monoisotopic (exact) mass is 504 g/mol. The normalized spacial score (nSPS) is 14.9. The summed E-state index contributed by atoms with van der Waals surface area (Å²) in [7, 11) is 3.03. The van der Waals surface area contributed by atoms with Gasteiger partial charge in [0.15, 0.2) is 11.5 Å². The van der Waals surface area contributed by atoms with Crippen LogP contribution in [0.5, 0.6) is 11.5 Å². The summed E-state index contributed by atoms with van der Waals surface area (Å²) in [6.45, 7) is 3.49. The Morgan fingerprint density at radius 1 is 1.16 bits per heavy atom. The Kier molecular flexibility index (Phi) is 7.07. The van der Waals surface area contributed by atoms with Crippen molar-refractivity contribution in [2.24, 2.45) is 0 Å². The van der Waals surface area contributed by atoms with E-state index in [-0.39, 0.29) is 11.4 Å². The van der Waals surface area contributed by atoms with Crippen molar-refractivity contribution >= 4 is 56.5 Å². The quantitative estimate of drug-likeness (QED) is 0.570. The maximum atomic E-state index is 12.8. The van der Waals surface area contributed by atoms with Gasteiger partial charge < -0.3 is 14.8 Å². The molecule has 1 heterocycles.